The first-order chi connectivity index (χ1) is 8.13. The van der Waals surface area contributed by atoms with Crippen molar-refractivity contribution in [3.63, 3.8) is 0 Å². The minimum absolute atomic E-state index is 0. The van der Waals surface area contributed by atoms with E-state index in [0.717, 1.165) is 12.0 Å². The van der Waals surface area contributed by atoms with Gasteiger partial charge < -0.3 is 9.84 Å². The molecule has 2 atom stereocenters. The van der Waals surface area contributed by atoms with Crippen molar-refractivity contribution in [2.24, 2.45) is 5.92 Å². The minimum Gasteiger partial charge on any atom is -0.477 e. The molecule has 6 heteroatoms. The van der Waals surface area contributed by atoms with Crippen LogP contribution in [0.1, 0.15) is 35.3 Å². The van der Waals surface area contributed by atoms with Crippen molar-refractivity contribution in [3.05, 3.63) is 29.6 Å². The number of aromatic carboxylic acids is 1. The molecule has 2 rings (SSSR count). The van der Waals surface area contributed by atoms with Crippen LogP contribution >= 0.6 is 12.4 Å². The highest BCUT2D eigenvalue weighted by Crippen LogP contribution is 2.47. The highest BCUT2D eigenvalue weighted by atomic mass is 35.5. The minimum atomic E-state index is -1.05. The van der Waals surface area contributed by atoms with Crippen LogP contribution in [0.2, 0.25) is 0 Å². The second kappa shape index (κ2) is 5.82. The van der Waals surface area contributed by atoms with Gasteiger partial charge in [-0.2, -0.15) is 0 Å². The molecule has 0 amide bonds. The van der Waals surface area contributed by atoms with Crippen LogP contribution in [0.3, 0.4) is 0 Å². The number of halogens is 1. The number of pyridine rings is 1. The number of carbonyl (C=O) groups excluding carboxylic acids is 1. The van der Waals surface area contributed by atoms with Crippen molar-refractivity contribution in [2.45, 2.75) is 19.3 Å². The van der Waals surface area contributed by atoms with E-state index in [1.165, 1.54) is 12.3 Å². The van der Waals surface area contributed by atoms with Gasteiger partial charge in [-0.3, -0.25) is 4.79 Å². The molecule has 0 spiro atoms. The number of rotatable bonds is 4. The molecule has 1 aromatic heterocycles. The van der Waals surface area contributed by atoms with Crippen LogP contribution < -0.4 is 0 Å². The standard InChI is InChI=1S/C12H13NO4.ClH/c1-2-17-12(16)9-5-8(9)7-3-4-10(11(14)15)13-6-7;/h3-4,6,8-9H,2,5H2,1H3,(H,14,15);1H. The Morgan fingerprint density at radius 1 is 1.50 bits per heavy atom. The van der Waals surface area contributed by atoms with Crippen molar-refractivity contribution < 1.29 is 19.4 Å². The normalized spacial score (nSPS) is 20.7. The van der Waals surface area contributed by atoms with Gasteiger partial charge in [0.05, 0.1) is 12.5 Å². The van der Waals surface area contributed by atoms with Crippen molar-refractivity contribution >= 4 is 24.3 Å². The molecule has 2 unspecified atom stereocenters. The molecular formula is C12H14ClNO4. The molecule has 1 aliphatic carbocycles. The van der Waals surface area contributed by atoms with E-state index in [4.69, 9.17) is 9.84 Å². The van der Waals surface area contributed by atoms with Crippen molar-refractivity contribution in [3.8, 4) is 0 Å². The first-order valence-electron chi connectivity index (χ1n) is 5.49. The number of carboxylic acid groups (broad SMARTS) is 1. The van der Waals surface area contributed by atoms with E-state index >= 15 is 0 Å². The summed E-state index contributed by atoms with van der Waals surface area (Å²) in [5, 5.41) is 8.70. The average molecular weight is 272 g/mol. The first kappa shape index (κ1) is 14.4. The second-order valence-corrected chi connectivity index (χ2v) is 3.98. The Morgan fingerprint density at radius 3 is 2.72 bits per heavy atom. The Labute approximate surface area is 111 Å². The number of nitrogens with zero attached hydrogens (tertiary/aromatic N) is 1. The maximum atomic E-state index is 11.4. The summed E-state index contributed by atoms with van der Waals surface area (Å²) in [4.78, 5) is 25.9. The zero-order valence-electron chi connectivity index (χ0n) is 9.83. The van der Waals surface area contributed by atoms with Crippen molar-refractivity contribution in [1.82, 2.24) is 4.98 Å². The average Bonchev–Trinajstić information content (AvgIpc) is 3.09. The summed E-state index contributed by atoms with van der Waals surface area (Å²) < 4.78 is 4.93. The Balaban J connectivity index is 0.00000162. The number of carbonyl (C=O) groups is 2. The van der Waals surface area contributed by atoms with Crippen LogP contribution in [0.5, 0.6) is 0 Å². The van der Waals surface area contributed by atoms with Crippen LogP contribution in [0.15, 0.2) is 18.3 Å². The Kier molecular flexibility index (Phi) is 4.67. The van der Waals surface area contributed by atoms with Gasteiger partial charge in [0.2, 0.25) is 0 Å². The van der Waals surface area contributed by atoms with Crippen LogP contribution in [-0.4, -0.2) is 28.6 Å². The van der Waals surface area contributed by atoms with Gasteiger partial charge in [0.25, 0.3) is 0 Å². The molecule has 98 valence electrons. The van der Waals surface area contributed by atoms with Crippen LogP contribution in [0.4, 0.5) is 0 Å². The molecule has 1 aliphatic rings. The first-order valence-corrected chi connectivity index (χ1v) is 5.49. The Bertz CT molecular complexity index is 446. The topological polar surface area (TPSA) is 76.5 Å². The third-order valence-electron chi connectivity index (χ3n) is 2.81. The Morgan fingerprint density at radius 2 is 2.22 bits per heavy atom. The number of hydrogen-bond donors (Lipinski definition) is 1. The van der Waals surface area contributed by atoms with E-state index < -0.39 is 5.97 Å². The smallest absolute Gasteiger partial charge is 0.354 e. The number of hydrogen-bond acceptors (Lipinski definition) is 4. The number of carboxylic acids is 1. The van der Waals surface area contributed by atoms with Crippen molar-refractivity contribution in [2.75, 3.05) is 6.61 Å². The van der Waals surface area contributed by atoms with Gasteiger partial charge in [0.15, 0.2) is 0 Å². The fourth-order valence-electron chi connectivity index (χ4n) is 1.82. The van der Waals surface area contributed by atoms with Gasteiger partial charge in [0, 0.05) is 6.20 Å². The summed E-state index contributed by atoms with van der Waals surface area (Å²) in [5.41, 5.74) is 0.912. The van der Waals surface area contributed by atoms with Crippen molar-refractivity contribution in [1.29, 1.82) is 0 Å². The molecule has 0 aliphatic heterocycles. The van der Waals surface area contributed by atoms with Gasteiger partial charge >= 0.3 is 11.9 Å². The zero-order chi connectivity index (χ0) is 12.4. The molecule has 1 saturated carbocycles. The molecule has 18 heavy (non-hydrogen) atoms. The maximum absolute atomic E-state index is 11.4. The predicted octanol–water partition coefficient (Wildman–Crippen LogP) is 1.87. The summed E-state index contributed by atoms with van der Waals surface area (Å²) in [7, 11) is 0. The lowest BCUT2D eigenvalue weighted by molar-refractivity contribution is -0.144. The van der Waals surface area contributed by atoms with E-state index in [1.807, 2.05) is 0 Å². The third-order valence-corrected chi connectivity index (χ3v) is 2.81. The second-order valence-electron chi connectivity index (χ2n) is 3.98. The van der Waals surface area contributed by atoms with E-state index in [2.05, 4.69) is 4.98 Å². The van der Waals surface area contributed by atoms with E-state index in [-0.39, 0.29) is 35.9 Å². The summed E-state index contributed by atoms with van der Waals surface area (Å²) in [6, 6.07) is 3.17. The molecule has 5 nitrogen and oxygen atoms in total. The lowest BCUT2D eigenvalue weighted by Gasteiger charge is -2.01. The van der Waals surface area contributed by atoms with Crippen LogP contribution in [0, 0.1) is 5.92 Å². The van der Waals surface area contributed by atoms with Crippen LogP contribution in [-0.2, 0) is 9.53 Å². The number of ether oxygens (including phenoxy) is 1. The van der Waals surface area contributed by atoms with Gasteiger partial charge in [-0.1, -0.05) is 6.07 Å². The van der Waals surface area contributed by atoms with Crippen LogP contribution in [0.25, 0.3) is 0 Å². The molecule has 1 heterocycles. The molecule has 0 saturated heterocycles. The highest BCUT2D eigenvalue weighted by Gasteiger charge is 2.45. The lowest BCUT2D eigenvalue weighted by atomic mass is 10.1. The van der Waals surface area contributed by atoms with Gasteiger partial charge in [-0.15, -0.1) is 12.4 Å². The zero-order valence-corrected chi connectivity index (χ0v) is 10.6. The van der Waals surface area contributed by atoms with Gasteiger partial charge in [0.1, 0.15) is 5.69 Å². The molecule has 0 radical (unpaired) electrons. The third kappa shape index (κ3) is 2.98. The molecule has 1 aromatic rings. The Hall–Kier alpha value is -1.62. The van der Waals surface area contributed by atoms with E-state index in [0.29, 0.717) is 6.61 Å². The highest BCUT2D eigenvalue weighted by molar-refractivity contribution is 5.85. The fraction of sp³-hybridized carbons (Fsp3) is 0.417. The summed E-state index contributed by atoms with van der Waals surface area (Å²) in [6.07, 6.45) is 2.28. The molecular weight excluding hydrogens is 258 g/mol. The van der Waals surface area contributed by atoms with E-state index in [9.17, 15) is 9.59 Å². The summed E-state index contributed by atoms with van der Waals surface area (Å²) >= 11 is 0. The number of aromatic nitrogens is 1. The van der Waals surface area contributed by atoms with Gasteiger partial charge in [-0.25, -0.2) is 9.78 Å². The number of esters is 1. The maximum Gasteiger partial charge on any atom is 0.354 e. The SMILES string of the molecule is CCOC(=O)C1CC1c1ccc(C(=O)O)nc1.Cl. The predicted molar refractivity (Wildman–Crippen MR) is 65.9 cm³/mol. The molecule has 0 aromatic carbocycles. The molecule has 1 fully saturated rings. The molecule has 1 N–H and O–H groups in total. The molecule has 0 bridgehead atoms. The van der Waals surface area contributed by atoms with E-state index in [1.54, 1.807) is 13.0 Å². The quantitative estimate of drug-likeness (QED) is 0.846. The van der Waals surface area contributed by atoms with Gasteiger partial charge in [-0.05, 0) is 30.9 Å². The summed E-state index contributed by atoms with van der Waals surface area (Å²) in [6.45, 7) is 2.16. The largest absolute Gasteiger partial charge is 0.477 e. The summed E-state index contributed by atoms with van der Waals surface area (Å²) in [5.74, 6) is -1.19. The lowest BCUT2D eigenvalue weighted by Crippen LogP contribution is -2.07. The fourth-order valence-corrected chi connectivity index (χ4v) is 1.82. The monoisotopic (exact) mass is 271 g/mol.